The van der Waals surface area contributed by atoms with Crippen LogP contribution in [0.5, 0.6) is 5.75 Å². The van der Waals surface area contributed by atoms with Gasteiger partial charge in [0.05, 0.1) is 0 Å². The Labute approximate surface area is 177 Å². The fraction of sp³-hybridized carbons (Fsp3) is 0.571. The third-order valence-corrected chi connectivity index (χ3v) is 4.51. The van der Waals surface area contributed by atoms with E-state index in [0.29, 0.717) is 30.9 Å². The summed E-state index contributed by atoms with van der Waals surface area (Å²) in [6.45, 7) is 9.75. The number of benzene rings is 1. The Morgan fingerprint density at radius 2 is 1.70 bits per heavy atom. The van der Waals surface area contributed by atoms with E-state index in [-0.39, 0.29) is 18.6 Å². The van der Waals surface area contributed by atoms with Gasteiger partial charge >= 0.3 is 6.09 Å². The number of hydrogen-bond donors (Lipinski definition) is 2. The molecule has 1 saturated heterocycles. The second-order valence-electron chi connectivity index (χ2n) is 8.19. The molecule has 0 atom stereocenters. The van der Waals surface area contributed by atoms with Gasteiger partial charge in [0.25, 0.3) is 5.91 Å². The van der Waals surface area contributed by atoms with E-state index in [0.717, 1.165) is 26.1 Å². The molecule has 0 aromatic heterocycles. The van der Waals surface area contributed by atoms with Gasteiger partial charge in [-0.3, -0.25) is 14.5 Å². The Kier molecular flexibility index (Phi) is 8.46. The average Bonchev–Trinajstić information content (AvgIpc) is 2.69. The number of piperazine rings is 1. The van der Waals surface area contributed by atoms with Crippen LogP contribution >= 0.6 is 0 Å². The Morgan fingerprint density at radius 1 is 1.07 bits per heavy atom. The number of carbonyl (C=O) groups excluding carboxylic acids is 3. The van der Waals surface area contributed by atoms with Gasteiger partial charge in [0.2, 0.25) is 5.91 Å². The van der Waals surface area contributed by atoms with Crippen molar-refractivity contribution in [3.63, 3.8) is 0 Å². The molecule has 0 spiro atoms. The fourth-order valence-corrected chi connectivity index (χ4v) is 2.93. The molecule has 1 aromatic rings. The van der Waals surface area contributed by atoms with Crippen molar-refractivity contribution < 1.29 is 23.9 Å². The first-order valence-electron chi connectivity index (χ1n) is 10.1. The van der Waals surface area contributed by atoms with Crippen LogP contribution in [0.25, 0.3) is 0 Å². The predicted octanol–water partition coefficient (Wildman–Crippen LogP) is 1.22. The van der Waals surface area contributed by atoms with E-state index in [9.17, 15) is 14.4 Å². The van der Waals surface area contributed by atoms with Gasteiger partial charge in [-0.2, -0.15) is 0 Å². The van der Waals surface area contributed by atoms with Crippen LogP contribution in [0.4, 0.5) is 4.79 Å². The van der Waals surface area contributed by atoms with Gasteiger partial charge < -0.3 is 25.4 Å². The number of amides is 3. The van der Waals surface area contributed by atoms with Crippen molar-refractivity contribution in [3.05, 3.63) is 29.8 Å². The van der Waals surface area contributed by atoms with E-state index in [4.69, 9.17) is 15.2 Å². The minimum Gasteiger partial charge on any atom is -0.484 e. The van der Waals surface area contributed by atoms with Crippen LogP contribution < -0.4 is 15.8 Å². The molecule has 1 fully saturated rings. The number of rotatable bonds is 8. The molecule has 9 heteroatoms. The summed E-state index contributed by atoms with van der Waals surface area (Å²) in [5.41, 5.74) is 5.08. The van der Waals surface area contributed by atoms with Crippen molar-refractivity contribution in [2.24, 2.45) is 5.73 Å². The second-order valence-corrected chi connectivity index (χ2v) is 8.19. The summed E-state index contributed by atoms with van der Waals surface area (Å²) >= 11 is 0. The first-order valence-corrected chi connectivity index (χ1v) is 10.1. The molecule has 1 aliphatic rings. The number of hydrogen-bond acceptors (Lipinski definition) is 6. The number of ether oxygens (including phenoxy) is 2. The summed E-state index contributed by atoms with van der Waals surface area (Å²) in [6, 6.07) is 6.31. The van der Waals surface area contributed by atoms with Crippen molar-refractivity contribution in [1.82, 2.24) is 15.1 Å². The number of nitrogens with one attached hydrogen (secondary N) is 1. The topological polar surface area (TPSA) is 114 Å². The third kappa shape index (κ3) is 8.28. The second kappa shape index (κ2) is 10.8. The summed E-state index contributed by atoms with van der Waals surface area (Å²) < 4.78 is 10.8. The monoisotopic (exact) mass is 420 g/mol. The standard InChI is InChI=1S/C21H32N4O5/c1-21(2,3)30-20(28)25-13-11-24(12-14-25)10-4-9-23-18(26)15-29-17-7-5-16(6-8-17)19(22)27/h5-8H,4,9-15H2,1-3H3,(H2,22,27)(H,23,26). The molecule has 1 heterocycles. The number of nitrogens with two attached hydrogens (primary N) is 1. The lowest BCUT2D eigenvalue weighted by Gasteiger charge is -2.35. The van der Waals surface area contributed by atoms with E-state index in [2.05, 4.69) is 10.2 Å². The van der Waals surface area contributed by atoms with E-state index in [1.807, 2.05) is 20.8 Å². The molecule has 9 nitrogen and oxygen atoms in total. The van der Waals surface area contributed by atoms with Gasteiger partial charge in [0.1, 0.15) is 11.4 Å². The molecule has 0 saturated carbocycles. The number of primary amides is 1. The lowest BCUT2D eigenvalue weighted by atomic mass is 10.2. The van der Waals surface area contributed by atoms with Gasteiger partial charge in [0.15, 0.2) is 6.61 Å². The molecule has 0 unspecified atom stereocenters. The zero-order chi connectivity index (χ0) is 22.1. The Balaban J connectivity index is 1.56. The van der Waals surface area contributed by atoms with Crippen LogP contribution in [-0.2, 0) is 9.53 Å². The Hall–Kier alpha value is -2.81. The van der Waals surface area contributed by atoms with Gasteiger partial charge in [-0.15, -0.1) is 0 Å². The highest BCUT2D eigenvalue weighted by atomic mass is 16.6. The first kappa shape index (κ1) is 23.5. The minimum absolute atomic E-state index is 0.0928. The highest BCUT2D eigenvalue weighted by Crippen LogP contribution is 2.12. The SMILES string of the molecule is CC(C)(C)OC(=O)N1CCN(CCCNC(=O)COc2ccc(C(N)=O)cc2)CC1. The summed E-state index contributed by atoms with van der Waals surface area (Å²) in [5.74, 6) is -0.215. The van der Waals surface area contributed by atoms with Gasteiger partial charge in [-0.05, 0) is 58.0 Å². The van der Waals surface area contributed by atoms with E-state index in [1.54, 1.807) is 29.2 Å². The predicted molar refractivity (Wildman–Crippen MR) is 112 cm³/mol. The lowest BCUT2D eigenvalue weighted by molar-refractivity contribution is -0.123. The minimum atomic E-state index is -0.509. The summed E-state index contributed by atoms with van der Waals surface area (Å²) in [4.78, 5) is 39.0. The molecular formula is C21H32N4O5. The van der Waals surface area contributed by atoms with Gasteiger partial charge in [-0.25, -0.2) is 4.79 Å². The Bertz CT molecular complexity index is 722. The Morgan fingerprint density at radius 3 is 2.27 bits per heavy atom. The van der Waals surface area contributed by atoms with Crippen LogP contribution in [0, 0.1) is 0 Å². The maximum Gasteiger partial charge on any atom is 0.410 e. The highest BCUT2D eigenvalue weighted by Gasteiger charge is 2.25. The van der Waals surface area contributed by atoms with Crippen molar-refractivity contribution in [2.75, 3.05) is 45.9 Å². The van der Waals surface area contributed by atoms with Gasteiger partial charge in [-0.1, -0.05) is 0 Å². The van der Waals surface area contributed by atoms with E-state index < -0.39 is 11.5 Å². The number of nitrogens with zero attached hydrogens (tertiary/aromatic N) is 2. The van der Waals surface area contributed by atoms with Crippen LogP contribution in [0.15, 0.2) is 24.3 Å². The van der Waals surface area contributed by atoms with Crippen molar-refractivity contribution in [1.29, 1.82) is 0 Å². The molecule has 0 radical (unpaired) electrons. The van der Waals surface area contributed by atoms with Crippen LogP contribution in [-0.4, -0.2) is 79.2 Å². The lowest BCUT2D eigenvalue weighted by Crippen LogP contribution is -2.50. The average molecular weight is 421 g/mol. The zero-order valence-corrected chi connectivity index (χ0v) is 18.0. The summed E-state index contributed by atoms with van der Waals surface area (Å²) in [7, 11) is 0. The van der Waals surface area contributed by atoms with E-state index >= 15 is 0 Å². The molecule has 30 heavy (non-hydrogen) atoms. The normalized spacial score (nSPS) is 14.8. The molecule has 3 N–H and O–H groups in total. The van der Waals surface area contributed by atoms with E-state index in [1.165, 1.54) is 0 Å². The maximum atomic E-state index is 12.1. The van der Waals surface area contributed by atoms with Crippen LogP contribution in [0.1, 0.15) is 37.6 Å². The van der Waals surface area contributed by atoms with Crippen molar-refractivity contribution in [2.45, 2.75) is 32.8 Å². The summed E-state index contributed by atoms with van der Waals surface area (Å²) in [6.07, 6.45) is 0.546. The molecular weight excluding hydrogens is 388 g/mol. The highest BCUT2D eigenvalue weighted by molar-refractivity contribution is 5.92. The molecule has 3 amide bonds. The number of carbonyl (C=O) groups is 3. The van der Waals surface area contributed by atoms with Gasteiger partial charge in [0, 0.05) is 38.3 Å². The third-order valence-electron chi connectivity index (χ3n) is 4.51. The molecule has 0 bridgehead atoms. The fourth-order valence-electron chi connectivity index (χ4n) is 2.93. The largest absolute Gasteiger partial charge is 0.484 e. The zero-order valence-electron chi connectivity index (χ0n) is 18.0. The van der Waals surface area contributed by atoms with Crippen LogP contribution in [0.2, 0.25) is 0 Å². The molecule has 2 rings (SSSR count). The molecule has 166 valence electrons. The maximum absolute atomic E-state index is 12.1. The van der Waals surface area contributed by atoms with Crippen LogP contribution in [0.3, 0.4) is 0 Å². The van der Waals surface area contributed by atoms with Crippen molar-refractivity contribution in [3.8, 4) is 5.75 Å². The summed E-state index contributed by atoms with van der Waals surface area (Å²) in [5, 5.41) is 2.83. The molecule has 1 aliphatic heterocycles. The quantitative estimate of drug-likeness (QED) is 0.611. The molecule has 0 aliphatic carbocycles. The smallest absolute Gasteiger partial charge is 0.410 e. The molecule has 1 aromatic carbocycles. The van der Waals surface area contributed by atoms with Crippen molar-refractivity contribution >= 4 is 17.9 Å². The first-order chi connectivity index (χ1) is 14.1.